The molecule has 0 amide bonds. The van der Waals surface area contributed by atoms with Crippen LogP contribution in [0.2, 0.25) is 0 Å². The van der Waals surface area contributed by atoms with Crippen molar-refractivity contribution in [2.24, 2.45) is 0 Å². The number of hydrogen-bond acceptors (Lipinski definition) is 6. The fourth-order valence-corrected chi connectivity index (χ4v) is 2.40. The lowest BCUT2D eigenvalue weighted by molar-refractivity contribution is -0.153. The summed E-state index contributed by atoms with van der Waals surface area (Å²) in [7, 11) is 1.52. The van der Waals surface area contributed by atoms with E-state index in [1.165, 1.54) is 11.8 Å². The standard InChI is InChI=1S/C12H13N5O3/c1-20-9-7-13-6-3-8(9)10-14-15-16-17(10)12(11(18)19)4-2-5-12/h3,6-7H,2,4-5H2,1H3,(H,18,19). The highest BCUT2D eigenvalue weighted by molar-refractivity contribution is 5.79. The van der Waals surface area contributed by atoms with Gasteiger partial charge in [0, 0.05) is 6.20 Å². The van der Waals surface area contributed by atoms with Gasteiger partial charge >= 0.3 is 5.97 Å². The van der Waals surface area contributed by atoms with Crippen LogP contribution in [0.4, 0.5) is 0 Å². The molecule has 0 saturated heterocycles. The summed E-state index contributed by atoms with van der Waals surface area (Å²) in [5.41, 5.74) is -0.423. The van der Waals surface area contributed by atoms with Gasteiger partial charge in [0.1, 0.15) is 5.75 Å². The minimum absolute atomic E-state index is 0.381. The number of ether oxygens (including phenoxy) is 1. The Bertz CT molecular complexity index is 650. The number of aromatic nitrogens is 5. The maximum Gasteiger partial charge on any atom is 0.331 e. The van der Waals surface area contributed by atoms with Crippen molar-refractivity contribution in [1.82, 2.24) is 25.2 Å². The lowest BCUT2D eigenvalue weighted by Crippen LogP contribution is -2.48. The summed E-state index contributed by atoms with van der Waals surface area (Å²) in [5, 5.41) is 21.0. The molecule has 1 aliphatic rings. The van der Waals surface area contributed by atoms with E-state index in [-0.39, 0.29) is 0 Å². The van der Waals surface area contributed by atoms with Crippen molar-refractivity contribution < 1.29 is 14.6 Å². The van der Waals surface area contributed by atoms with Gasteiger partial charge in [0.05, 0.1) is 18.9 Å². The lowest BCUT2D eigenvalue weighted by Gasteiger charge is -2.37. The zero-order valence-electron chi connectivity index (χ0n) is 10.9. The number of carboxylic acid groups (broad SMARTS) is 1. The molecule has 0 bridgehead atoms. The van der Waals surface area contributed by atoms with Crippen LogP contribution >= 0.6 is 0 Å². The zero-order chi connectivity index (χ0) is 14.2. The van der Waals surface area contributed by atoms with Gasteiger partial charge in [0.25, 0.3) is 0 Å². The topological polar surface area (TPSA) is 103 Å². The minimum atomic E-state index is -1.05. The number of carbonyl (C=O) groups is 1. The van der Waals surface area contributed by atoms with Crippen LogP contribution in [0.1, 0.15) is 19.3 Å². The second kappa shape index (κ2) is 4.55. The lowest BCUT2D eigenvalue weighted by atomic mass is 9.76. The van der Waals surface area contributed by atoms with Crippen LogP contribution in [0.5, 0.6) is 5.75 Å². The number of methoxy groups -OCH3 is 1. The molecule has 8 nitrogen and oxygen atoms in total. The summed E-state index contributed by atoms with van der Waals surface area (Å²) in [5.74, 6) is -0.0277. The van der Waals surface area contributed by atoms with E-state index in [1.54, 1.807) is 18.5 Å². The third kappa shape index (κ3) is 1.64. The number of tetrazole rings is 1. The van der Waals surface area contributed by atoms with Crippen molar-refractivity contribution in [3.63, 3.8) is 0 Å². The van der Waals surface area contributed by atoms with Crippen LogP contribution in [0.15, 0.2) is 18.5 Å². The molecule has 20 heavy (non-hydrogen) atoms. The Hall–Kier alpha value is -2.51. The molecule has 1 fully saturated rings. The number of pyridine rings is 1. The molecule has 3 rings (SSSR count). The number of nitrogens with zero attached hydrogens (tertiary/aromatic N) is 5. The normalized spacial score (nSPS) is 16.4. The Morgan fingerprint density at radius 2 is 2.30 bits per heavy atom. The van der Waals surface area contributed by atoms with Gasteiger partial charge in [-0.15, -0.1) is 5.10 Å². The first-order valence-corrected chi connectivity index (χ1v) is 6.20. The molecule has 1 N–H and O–H groups in total. The third-order valence-electron chi connectivity index (χ3n) is 3.70. The average Bonchev–Trinajstić information content (AvgIpc) is 2.86. The second-order valence-electron chi connectivity index (χ2n) is 4.68. The molecule has 1 saturated carbocycles. The molecule has 0 aromatic carbocycles. The van der Waals surface area contributed by atoms with Crippen LogP contribution in [0, 0.1) is 0 Å². The van der Waals surface area contributed by atoms with Gasteiger partial charge in [0.2, 0.25) is 0 Å². The largest absolute Gasteiger partial charge is 0.494 e. The van der Waals surface area contributed by atoms with Gasteiger partial charge in [-0.1, -0.05) is 0 Å². The summed E-state index contributed by atoms with van der Waals surface area (Å²) in [6.07, 6.45) is 5.02. The van der Waals surface area contributed by atoms with Crippen LogP contribution < -0.4 is 4.74 Å². The molecule has 2 aromatic heterocycles. The summed E-state index contributed by atoms with van der Waals surface area (Å²) >= 11 is 0. The van der Waals surface area contributed by atoms with Gasteiger partial charge in [-0.25, -0.2) is 9.48 Å². The van der Waals surface area contributed by atoms with Crippen molar-refractivity contribution in [3.8, 4) is 17.1 Å². The molecule has 0 aliphatic heterocycles. The molecule has 2 heterocycles. The van der Waals surface area contributed by atoms with E-state index in [4.69, 9.17) is 4.74 Å². The van der Waals surface area contributed by atoms with Crippen molar-refractivity contribution in [1.29, 1.82) is 0 Å². The molecule has 0 spiro atoms. The van der Waals surface area contributed by atoms with Crippen molar-refractivity contribution in [3.05, 3.63) is 18.5 Å². The average molecular weight is 275 g/mol. The maximum absolute atomic E-state index is 11.6. The summed E-state index contributed by atoms with van der Waals surface area (Å²) in [6.45, 7) is 0. The van der Waals surface area contributed by atoms with E-state index < -0.39 is 11.5 Å². The highest BCUT2D eigenvalue weighted by atomic mass is 16.5. The highest BCUT2D eigenvalue weighted by Crippen LogP contribution is 2.41. The third-order valence-corrected chi connectivity index (χ3v) is 3.70. The maximum atomic E-state index is 11.6. The number of aliphatic carboxylic acids is 1. The summed E-state index contributed by atoms with van der Waals surface area (Å²) in [6, 6.07) is 1.70. The predicted octanol–water partition coefficient (Wildman–Crippen LogP) is 0.707. The van der Waals surface area contributed by atoms with E-state index in [1.807, 2.05) is 0 Å². The summed E-state index contributed by atoms with van der Waals surface area (Å²) < 4.78 is 6.62. The smallest absolute Gasteiger partial charge is 0.331 e. The molecular formula is C12H13N5O3. The molecular weight excluding hydrogens is 262 g/mol. The summed E-state index contributed by atoms with van der Waals surface area (Å²) in [4.78, 5) is 15.5. The minimum Gasteiger partial charge on any atom is -0.494 e. The van der Waals surface area contributed by atoms with E-state index in [0.29, 0.717) is 30.0 Å². The first-order chi connectivity index (χ1) is 9.69. The molecule has 104 valence electrons. The Morgan fingerprint density at radius 1 is 1.50 bits per heavy atom. The van der Waals surface area contributed by atoms with E-state index in [9.17, 15) is 9.90 Å². The van der Waals surface area contributed by atoms with Gasteiger partial charge in [0.15, 0.2) is 11.4 Å². The first kappa shape index (κ1) is 12.5. The molecule has 2 aromatic rings. The molecule has 1 aliphatic carbocycles. The monoisotopic (exact) mass is 275 g/mol. The van der Waals surface area contributed by atoms with Gasteiger partial charge in [-0.05, 0) is 35.8 Å². The fraction of sp³-hybridized carbons (Fsp3) is 0.417. The van der Waals surface area contributed by atoms with Gasteiger partial charge in [-0.2, -0.15) is 0 Å². The van der Waals surface area contributed by atoms with E-state index >= 15 is 0 Å². The number of carboxylic acids is 1. The predicted molar refractivity (Wildman–Crippen MR) is 67.1 cm³/mol. The van der Waals surface area contributed by atoms with E-state index in [2.05, 4.69) is 20.5 Å². The Labute approximate surface area is 114 Å². The molecule has 8 heteroatoms. The van der Waals surface area contributed by atoms with Crippen molar-refractivity contribution in [2.75, 3.05) is 7.11 Å². The van der Waals surface area contributed by atoms with Crippen LogP contribution in [0.25, 0.3) is 11.4 Å². The van der Waals surface area contributed by atoms with Crippen LogP contribution in [-0.4, -0.2) is 43.4 Å². The van der Waals surface area contributed by atoms with Gasteiger partial charge < -0.3 is 9.84 Å². The Morgan fingerprint density at radius 3 is 2.90 bits per heavy atom. The van der Waals surface area contributed by atoms with Crippen LogP contribution in [-0.2, 0) is 10.3 Å². The zero-order valence-corrected chi connectivity index (χ0v) is 10.9. The molecule has 0 atom stereocenters. The molecule has 0 radical (unpaired) electrons. The van der Waals surface area contributed by atoms with Crippen molar-refractivity contribution >= 4 is 5.97 Å². The van der Waals surface area contributed by atoms with Gasteiger partial charge in [-0.3, -0.25) is 4.98 Å². The quantitative estimate of drug-likeness (QED) is 0.876. The number of hydrogen-bond donors (Lipinski definition) is 1. The SMILES string of the molecule is COc1cnccc1-c1nnnn1C1(C(=O)O)CCC1. The number of rotatable bonds is 4. The van der Waals surface area contributed by atoms with Crippen molar-refractivity contribution in [2.45, 2.75) is 24.8 Å². The molecule has 0 unspecified atom stereocenters. The Balaban J connectivity index is 2.13. The first-order valence-electron chi connectivity index (χ1n) is 6.20. The Kier molecular flexibility index (Phi) is 2.85. The van der Waals surface area contributed by atoms with E-state index in [0.717, 1.165) is 6.42 Å². The second-order valence-corrected chi connectivity index (χ2v) is 4.68. The fourth-order valence-electron chi connectivity index (χ4n) is 2.40. The highest BCUT2D eigenvalue weighted by Gasteiger charge is 2.49. The van der Waals surface area contributed by atoms with Crippen LogP contribution in [0.3, 0.4) is 0 Å².